The molecule has 0 radical (unpaired) electrons. The Bertz CT molecular complexity index is 968. The van der Waals surface area contributed by atoms with Crippen molar-refractivity contribution in [3.63, 3.8) is 0 Å². The number of nitro groups is 1. The molecule has 0 aliphatic rings. The summed E-state index contributed by atoms with van der Waals surface area (Å²) in [4.78, 5) is 22.0. The topological polar surface area (TPSA) is 116 Å². The minimum atomic E-state index is -3.84. The maximum absolute atomic E-state index is 12.6. The summed E-state index contributed by atoms with van der Waals surface area (Å²) >= 11 is 0. The van der Waals surface area contributed by atoms with Crippen LogP contribution < -0.4 is 4.74 Å². The van der Waals surface area contributed by atoms with E-state index in [1.807, 2.05) is 0 Å². The van der Waals surface area contributed by atoms with E-state index < -0.39 is 26.6 Å². The molecule has 10 heteroatoms. The highest BCUT2D eigenvalue weighted by Gasteiger charge is 2.26. The molecule has 0 saturated carbocycles. The average molecular weight is 408 g/mol. The highest BCUT2D eigenvalue weighted by atomic mass is 32.2. The Hall–Kier alpha value is -2.98. The Morgan fingerprint density at radius 2 is 1.71 bits per heavy atom. The second-order valence-corrected chi connectivity index (χ2v) is 7.53. The normalized spacial score (nSPS) is 11.3. The van der Waals surface area contributed by atoms with Gasteiger partial charge in [0.15, 0.2) is 0 Å². The summed E-state index contributed by atoms with van der Waals surface area (Å²) < 4.78 is 36.5. The standard InChI is InChI=1S/C18H20N2O7S/c1-4-19(5-2)28(24,25)15-10-11-17(16(12-15)20(22)23)27-14-8-6-13(7-9-14)18(21)26-3/h6-12H,4-5H2,1-3H3. The fourth-order valence-corrected chi connectivity index (χ4v) is 3.98. The van der Waals surface area contributed by atoms with Gasteiger partial charge in [-0.2, -0.15) is 4.31 Å². The van der Waals surface area contributed by atoms with E-state index in [0.717, 1.165) is 6.07 Å². The van der Waals surface area contributed by atoms with Crippen molar-refractivity contribution in [3.05, 3.63) is 58.1 Å². The van der Waals surface area contributed by atoms with Gasteiger partial charge in [0.05, 0.1) is 22.5 Å². The predicted molar refractivity (Wildman–Crippen MR) is 101 cm³/mol. The molecule has 0 unspecified atom stereocenters. The van der Waals surface area contributed by atoms with Gasteiger partial charge in [-0.25, -0.2) is 13.2 Å². The van der Waals surface area contributed by atoms with Crippen LogP contribution in [0.2, 0.25) is 0 Å². The third kappa shape index (κ3) is 4.46. The molecular weight excluding hydrogens is 388 g/mol. The Labute approximate surface area is 162 Å². The lowest BCUT2D eigenvalue weighted by Crippen LogP contribution is -2.30. The first-order valence-corrected chi connectivity index (χ1v) is 9.83. The molecule has 0 heterocycles. The first kappa shape index (κ1) is 21.3. The molecule has 0 saturated heterocycles. The van der Waals surface area contributed by atoms with Crippen LogP contribution in [-0.4, -0.2) is 43.8 Å². The van der Waals surface area contributed by atoms with Crippen molar-refractivity contribution in [3.8, 4) is 11.5 Å². The quantitative estimate of drug-likeness (QED) is 0.374. The number of methoxy groups -OCH3 is 1. The molecule has 0 spiro atoms. The SMILES string of the molecule is CCN(CC)S(=O)(=O)c1ccc(Oc2ccc(C(=O)OC)cc2)c([N+](=O)[O-])c1. The number of sulfonamides is 1. The Balaban J connectivity index is 2.38. The number of nitro benzene ring substituents is 1. The fourth-order valence-electron chi connectivity index (χ4n) is 2.50. The molecular formula is C18H20N2O7S. The van der Waals surface area contributed by atoms with Crippen LogP contribution in [-0.2, 0) is 14.8 Å². The number of carbonyl (C=O) groups excluding carboxylic acids is 1. The number of hydrogen-bond donors (Lipinski definition) is 0. The minimum absolute atomic E-state index is 0.116. The van der Waals surface area contributed by atoms with E-state index in [4.69, 9.17) is 4.74 Å². The van der Waals surface area contributed by atoms with Crippen molar-refractivity contribution in [2.45, 2.75) is 18.7 Å². The van der Waals surface area contributed by atoms with E-state index in [2.05, 4.69) is 4.74 Å². The zero-order valence-electron chi connectivity index (χ0n) is 15.6. The summed E-state index contributed by atoms with van der Waals surface area (Å²) in [6.07, 6.45) is 0. The molecule has 2 aromatic carbocycles. The van der Waals surface area contributed by atoms with Crippen LogP contribution in [0.25, 0.3) is 0 Å². The smallest absolute Gasteiger partial charge is 0.337 e. The Kier molecular flexibility index (Phi) is 6.71. The van der Waals surface area contributed by atoms with Crippen LogP contribution in [0, 0.1) is 10.1 Å². The van der Waals surface area contributed by atoms with Crippen molar-refractivity contribution in [2.24, 2.45) is 0 Å². The maximum atomic E-state index is 12.6. The monoisotopic (exact) mass is 408 g/mol. The van der Waals surface area contributed by atoms with Gasteiger partial charge in [0.25, 0.3) is 0 Å². The summed E-state index contributed by atoms with van der Waals surface area (Å²) in [6.45, 7) is 3.87. The maximum Gasteiger partial charge on any atom is 0.337 e. The summed E-state index contributed by atoms with van der Waals surface area (Å²) in [7, 11) is -2.59. The van der Waals surface area contributed by atoms with Gasteiger partial charge in [-0.1, -0.05) is 13.8 Å². The van der Waals surface area contributed by atoms with Crippen molar-refractivity contribution in [1.82, 2.24) is 4.31 Å². The van der Waals surface area contributed by atoms with Crippen LogP contribution >= 0.6 is 0 Å². The van der Waals surface area contributed by atoms with Gasteiger partial charge in [0.1, 0.15) is 5.75 Å². The number of ether oxygens (including phenoxy) is 2. The molecule has 0 atom stereocenters. The summed E-state index contributed by atoms with van der Waals surface area (Å²) in [5.74, 6) is -0.395. The molecule has 9 nitrogen and oxygen atoms in total. The van der Waals surface area contributed by atoms with Gasteiger partial charge >= 0.3 is 11.7 Å². The first-order valence-electron chi connectivity index (χ1n) is 8.39. The van der Waals surface area contributed by atoms with Crippen LogP contribution in [0.15, 0.2) is 47.4 Å². The summed E-state index contributed by atoms with van der Waals surface area (Å²) in [6, 6.07) is 9.29. The van der Waals surface area contributed by atoms with Crippen LogP contribution in [0.3, 0.4) is 0 Å². The molecule has 0 aromatic heterocycles. The van der Waals surface area contributed by atoms with Gasteiger partial charge in [0, 0.05) is 19.2 Å². The van der Waals surface area contributed by atoms with Crippen molar-refractivity contribution >= 4 is 21.7 Å². The van der Waals surface area contributed by atoms with Crippen molar-refractivity contribution < 1.29 is 27.6 Å². The van der Waals surface area contributed by atoms with Gasteiger partial charge in [0.2, 0.25) is 15.8 Å². The molecule has 28 heavy (non-hydrogen) atoms. The van der Waals surface area contributed by atoms with Crippen LogP contribution in [0.5, 0.6) is 11.5 Å². The van der Waals surface area contributed by atoms with Crippen molar-refractivity contribution in [2.75, 3.05) is 20.2 Å². The number of rotatable bonds is 8. The fraction of sp³-hybridized carbons (Fsp3) is 0.278. The average Bonchev–Trinajstić information content (AvgIpc) is 2.68. The van der Waals surface area contributed by atoms with Crippen molar-refractivity contribution in [1.29, 1.82) is 0 Å². The lowest BCUT2D eigenvalue weighted by molar-refractivity contribution is -0.385. The minimum Gasteiger partial charge on any atom is -0.465 e. The van der Waals surface area contributed by atoms with Gasteiger partial charge < -0.3 is 9.47 Å². The summed E-state index contributed by atoms with van der Waals surface area (Å²) in [5.41, 5.74) is -0.185. The second kappa shape index (κ2) is 8.81. The van der Waals surface area contributed by atoms with E-state index >= 15 is 0 Å². The molecule has 0 aliphatic carbocycles. The lowest BCUT2D eigenvalue weighted by atomic mass is 10.2. The molecule has 150 valence electrons. The van der Waals surface area contributed by atoms with E-state index in [0.29, 0.717) is 5.56 Å². The van der Waals surface area contributed by atoms with Crippen LogP contribution in [0.4, 0.5) is 5.69 Å². The molecule has 0 N–H and O–H groups in total. The zero-order valence-corrected chi connectivity index (χ0v) is 16.4. The van der Waals surface area contributed by atoms with E-state index in [1.54, 1.807) is 13.8 Å². The number of hydrogen-bond acceptors (Lipinski definition) is 7. The molecule has 0 aliphatic heterocycles. The molecule has 0 bridgehead atoms. The highest BCUT2D eigenvalue weighted by molar-refractivity contribution is 7.89. The predicted octanol–water partition coefficient (Wildman–Crippen LogP) is 3.20. The number of benzene rings is 2. The number of nitrogens with zero attached hydrogens (tertiary/aromatic N) is 2. The lowest BCUT2D eigenvalue weighted by Gasteiger charge is -2.18. The van der Waals surface area contributed by atoms with Crippen LogP contribution in [0.1, 0.15) is 24.2 Å². The number of carbonyl (C=O) groups is 1. The van der Waals surface area contributed by atoms with E-state index in [9.17, 15) is 23.3 Å². The van der Waals surface area contributed by atoms with Gasteiger partial charge in [-0.3, -0.25) is 10.1 Å². The van der Waals surface area contributed by atoms with Gasteiger partial charge in [-0.15, -0.1) is 0 Å². The molecule has 2 rings (SSSR count). The Morgan fingerprint density at radius 3 is 2.21 bits per heavy atom. The second-order valence-electron chi connectivity index (χ2n) is 5.59. The van der Waals surface area contributed by atoms with E-state index in [1.165, 1.54) is 47.8 Å². The largest absolute Gasteiger partial charge is 0.465 e. The highest BCUT2D eigenvalue weighted by Crippen LogP contribution is 2.34. The number of esters is 1. The van der Waals surface area contributed by atoms with E-state index in [-0.39, 0.29) is 29.5 Å². The first-order chi connectivity index (χ1) is 13.2. The molecule has 0 fully saturated rings. The third-order valence-corrected chi connectivity index (χ3v) is 6.02. The van der Waals surface area contributed by atoms with Gasteiger partial charge in [-0.05, 0) is 36.4 Å². The summed E-state index contributed by atoms with van der Waals surface area (Å²) in [5, 5.41) is 11.4. The molecule has 2 aromatic rings. The Morgan fingerprint density at radius 1 is 1.11 bits per heavy atom. The zero-order chi connectivity index (χ0) is 20.9. The molecule has 0 amide bonds. The third-order valence-electron chi connectivity index (χ3n) is 3.97.